The minimum atomic E-state index is 0. The quantitative estimate of drug-likeness (QED) is 0.513. The van der Waals surface area contributed by atoms with Gasteiger partial charge in [0.1, 0.15) is 6.54 Å². The zero-order chi connectivity index (χ0) is 13.9. The standard InChI is InChI=1S/C15H26N3O.ClH/c1-13-12-14(4-5-15(13)16)17-6-3-8-18(2,9-7-17)10-11-19;/h4-5,12,19H,3,6-11,16H2,1-2H3;1H/q+1;/p-1. The number of benzene rings is 1. The molecule has 0 amide bonds. The molecule has 0 saturated carbocycles. The van der Waals surface area contributed by atoms with Gasteiger partial charge in [-0.3, -0.25) is 0 Å². The van der Waals surface area contributed by atoms with Gasteiger partial charge in [0.15, 0.2) is 0 Å². The molecular weight excluding hydrogens is 274 g/mol. The zero-order valence-electron chi connectivity index (χ0n) is 12.5. The van der Waals surface area contributed by atoms with Crippen LogP contribution in [0.1, 0.15) is 12.0 Å². The Labute approximate surface area is 128 Å². The number of hydrogen-bond acceptors (Lipinski definition) is 3. The first-order valence-electron chi connectivity index (χ1n) is 7.09. The molecule has 0 aromatic heterocycles. The number of nitrogens with two attached hydrogens (primary N) is 1. The van der Waals surface area contributed by atoms with Crippen LogP contribution in [-0.4, -0.2) is 56.0 Å². The van der Waals surface area contributed by atoms with E-state index in [1.165, 1.54) is 12.1 Å². The van der Waals surface area contributed by atoms with Crippen LogP contribution < -0.4 is 23.0 Å². The summed E-state index contributed by atoms with van der Waals surface area (Å²) in [5, 5.41) is 9.18. The average molecular weight is 300 g/mol. The van der Waals surface area contributed by atoms with Gasteiger partial charge in [0.2, 0.25) is 0 Å². The first-order valence-corrected chi connectivity index (χ1v) is 7.09. The molecule has 1 fully saturated rings. The van der Waals surface area contributed by atoms with Crippen molar-refractivity contribution >= 4 is 11.4 Å². The van der Waals surface area contributed by atoms with E-state index in [0.29, 0.717) is 0 Å². The van der Waals surface area contributed by atoms with E-state index in [1.54, 1.807) is 0 Å². The number of nitrogen functional groups attached to an aromatic ring is 1. The van der Waals surface area contributed by atoms with Crippen molar-refractivity contribution in [1.29, 1.82) is 0 Å². The minimum absolute atomic E-state index is 0. The number of anilines is 2. The lowest BCUT2D eigenvalue weighted by Gasteiger charge is -2.32. The summed E-state index contributed by atoms with van der Waals surface area (Å²) in [5.41, 5.74) is 9.16. The summed E-state index contributed by atoms with van der Waals surface area (Å²) in [4.78, 5) is 2.44. The number of aliphatic hydroxyl groups is 1. The van der Waals surface area contributed by atoms with Crippen LogP contribution in [0.5, 0.6) is 0 Å². The van der Waals surface area contributed by atoms with Gasteiger partial charge in [-0.1, -0.05) is 0 Å². The van der Waals surface area contributed by atoms with Crippen LogP contribution in [0.2, 0.25) is 0 Å². The molecular formula is C15H26ClN3O. The second-order valence-corrected chi connectivity index (χ2v) is 5.90. The Morgan fingerprint density at radius 2 is 2.05 bits per heavy atom. The van der Waals surface area contributed by atoms with Gasteiger partial charge < -0.3 is 32.6 Å². The highest BCUT2D eigenvalue weighted by Crippen LogP contribution is 2.22. The normalized spacial score (nSPS) is 23.1. The molecule has 0 aliphatic carbocycles. The van der Waals surface area contributed by atoms with E-state index in [4.69, 9.17) is 5.73 Å². The molecule has 1 heterocycles. The summed E-state index contributed by atoms with van der Waals surface area (Å²) in [6.07, 6.45) is 1.17. The lowest BCUT2D eigenvalue weighted by atomic mass is 10.1. The van der Waals surface area contributed by atoms with E-state index in [0.717, 1.165) is 48.5 Å². The summed E-state index contributed by atoms with van der Waals surface area (Å²) in [7, 11) is 2.24. The summed E-state index contributed by atoms with van der Waals surface area (Å²) in [6, 6.07) is 6.29. The number of quaternary nitrogens is 1. The highest BCUT2D eigenvalue weighted by atomic mass is 35.5. The number of nitrogens with zero attached hydrogens (tertiary/aromatic N) is 2. The molecule has 1 saturated heterocycles. The molecule has 1 aromatic carbocycles. The van der Waals surface area contributed by atoms with Crippen LogP contribution in [0.25, 0.3) is 0 Å². The maximum absolute atomic E-state index is 9.18. The molecule has 20 heavy (non-hydrogen) atoms. The molecule has 0 radical (unpaired) electrons. The first kappa shape index (κ1) is 17.1. The van der Waals surface area contributed by atoms with Gasteiger partial charge in [-0.25, -0.2) is 0 Å². The molecule has 114 valence electrons. The van der Waals surface area contributed by atoms with Crippen LogP contribution in [0, 0.1) is 6.92 Å². The van der Waals surface area contributed by atoms with E-state index < -0.39 is 0 Å². The van der Waals surface area contributed by atoms with Gasteiger partial charge >= 0.3 is 0 Å². The van der Waals surface area contributed by atoms with E-state index in [-0.39, 0.29) is 19.0 Å². The summed E-state index contributed by atoms with van der Waals surface area (Å²) >= 11 is 0. The Bertz CT molecular complexity index is 441. The number of likely N-dealkylation sites (N-methyl/N-ethyl adjacent to an activating group) is 1. The Morgan fingerprint density at radius 1 is 1.30 bits per heavy atom. The van der Waals surface area contributed by atoms with E-state index >= 15 is 0 Å². The van der Waals surface area contributed by atoms with Crippen LogP contribution in [0.4, 0.5) is 11.4 Å². The van der Waals surface area contributed by atoms with Crippen molar-refractivity contribution in [3.05, 3.63) is 23.8 Å². The van der Waals surface area contributed by atoms with Gasteiger partial charge in [0.25, 0.3) is 0 Å². The molecule has 1 unspecified atom stereocenters. The van der Waals surface area contributed by atoms with Crippen molar-refractivity contribution in [2.24, 2.45) is 0 Å². The SMILES string of the molecule is Cc1cc(N2CCC[N+](C)(CCO)CC2)ccc1N.[Cl-]. The smallest absolute Gasteiger partial charge is 0.102 e. The fraction of sp³-hybridized carbons (Fsp3) is 0.600. The van der Waals surface area contributed by atoms with Crippen LogP contribution >= 0.6 is 0 Å². The second kappa shape index (κ2) is 7.16. The average Bonchev–Trinajstić information content (AvgIpc) is 2.56. The molecule has 5 heteroatoms. The topological polar surface area (TPSA) is 49.5 Å². The van der Waals surface area contributed by atoms with Gasteiger partial charge in [0.05, 0.1) is 33.3 Å². The molecule has 4 nitrogen and oxygen atoms in total. The fourth-order valence-corrected chi connectivity index (χ4v) is 2.81. The fourth-order valence-electron chi connectivity index (χ4n) is 2.81. The van der Waals surface area contributed by atoms with Gasteiger partial charge in [-0.15, -0.1) is 0 Å². The Hall–Kier alpha value is -0.970. The van der Waals surface area contributed by atoms with Crippen molar-refractivity contribution in [2.75, 3.05) is 57.0 Å². The third-order valence-corrected chi connectivity index (χ3v) is 4.29. The second-order valence-electron chi connectivity index (χ2n) is 5.90. The summed E-state index contributed by atoms with van der Waals surface area (Å²) in [5.74, 6) is 0. The predicted octanol–water partition coefficient (Wildman–Crippen LogP) is -1.77. The zero-order valence-corrected chi connectivity index (χ0v) is 13.2. The van der Waals surface area contributed by atoms with Crippen LogP contribution in [0.15, 0.2) is 18.2 Å². The molecule has 2 rings (SSSR count). The van der Waals surface area contributed by atoms with E-state index in [2.05, 4.69) is 31.0 Å². The van der Waals surface area contributed by atoms with Crippen LogP contribution in [0.3, 0.4) is 0 Å². The number of rotatable bonds is 3. The van der Waals surface area contributed by atoms with Crippen molar-refractivity contribution in [3.63, 3.8) is 0 Å². The molecule has 3 N–H and O–H groups in total. The molecule has 1 atom stereocenters. The molecule has 1 aromatic rings. The Morgan fingerprint density at radius 3 is 2.70 bits per heavy atom. The lowest BCUT2D eigenvalue weighted by molar-refractivity contribution is -0.907. The molecule has 0 spiro atoms. The largest absolute Gasteiger partial charge is 1.00 e. The minimum Gasteiger partial charge on any atom is -1.00 e. The predicted molar refractivity (Wildman–Crippen MR) is 80.3 cm³/mol. The Kier molecular flexibility index (Phi) is 6.11. The monoisotopic (exact) mass is 299 g/mol. The highest BCUT2D eigenvalue weighted by Gasteiger charge is 2.25. The third-order valence-electron chi connectivity index (χ3n) is 4.29. The lowest BCUT2D eigenvalue weighted by Crippen LogP contribution is -3.00. The number of aryl methyl sites for hydroxylation is 1. The molecule has 0 bridgehead atoms. The Balaban J connectivity index is 0.00000200. The number of halogens is 1. The maximum Gasteiger partial charge on any atom is 0.102 e. The van der Waals surface area contributed by atoms with Crippen molar-refractivity contribution < 1.29 is 22.0 Å². The van der Waals surface area contributed by atoms with Crippen molar-refractivity contribution in [2.45, 2.75) is 13.3 Å². The first-order chi connectivity index (χ1) is 9.04. The molecule has 1 aliphatic rings. The summed E-state index contributed by atoms with van der Waals surface area (Å²) in [6.45, 7) is 7.55. The van der Waals surface area contributed by atoms with Crippen molar-refractivity contribution in [3.8, 4) is 0 Å². The van der Waals surface area contributed by atoms with E-state index in [1.807, 2.05) is 6.07 Å². The van der Waals surface area contributed by atoms with Crippen molar-refractivity contribution in [1.82, 2.24) is 0 Å². The highest BCUT2D eigenvalue weighted by molar-refractivity contribution is 5.58. The van der Waals surface area contributed by atoms with Gasteiger partial charge in [0, 0.05) is 24.3 Å². The van der Waals surface area contributed by atoms with Gasteiger partial charge in [-0.2, -0.15) is 0 Å². The van der Waals surface area contributed by atoms with E-state index in [9.17, 15) is 5.11 Å². The third kappa shape index (κ3) is 4.01. The number of aliphatic hydroxyl groups excluding tert-OH is 1. The van der Waals surface area contributed by atoms with Gasteiger partial charge in [-0.05, 0) is 30.7 Å². The maximum atomic E-state index is 9.18. The molecule has 1 aliphatic heterocycles. The number of hydrogen-bond donors (Lipinski definition) is 2. The van der Waals surface area contributed by atoms with Crippen LogP contribution in [-0.2, 0) is 0 Å². The summed E-state index contributed by atoms with van der Waals surface area (Å²) < 4.78 is 0.973.